The average Bonchev–Trinajstić information content (AvgIpc) is 2.46. The number of halogens is 2. The number of benzene rings is 1. The second kappa shape index (κ2) is 3.96. The summed E-state index contributed by atoms with van der Waals surface area (Å²) in [6.07, 6.45) is 0. The Hall–Kier alpha value is -1.26. The molecule has 6 heteroatoms. The molecule has 84 valence electrons. The molecule has 0 bridgehead atoms. The predicted molar refractivity (Wildman–Crippen MR) is 61.9 cm³/mol. The molecule has 1 aliphatic heterocycles. The summed E-state index contributed by atoms with van der Waals surface area (Å²) in [6.45, 7) is 1.61. The van der Waals surface area contributed by atoms with Crippen molar-refractivity contribution in [3.8, 4) is 0 Å². The highest BCUT2D eigenvalue weighted by molar-refractivity contribution is 6.37. The minimum atomic E-state index is -0.539. The van der Waals surface area contributed by atoms with Crippen LogP contribution in [0.5, 0.6) is 0 Å². The Morgan fingerprint density at radius 3 is 2.56 bits per heavy atom. The second-order valence-electron chi connectivity index (χ2n) is 3.44. The van der Waals surface area contributed by atoms with Gasteiger partial charge in [0.2, 0.25) is 0 Å². The lowest BCUT2D eigenvalue weighted by Crippen LogP contribution is -2.31. The number of carbonyl (C=O) groups is 2. The molecule has 16 heavy (non-hydrogen) atoms. The fourth-order valence-corrected chi connectivity index (χ4v) is 1.86. The van der Waals surface area contributed by atoms with E-state index < -0.39 is 12.1 Å². The van der Waals surface area contributed by atoms with Crippen LogP contribution in [0.25, 0.3) is 0 Å². The van der Waals surface area contributed by atoms with Crippen LogP contribution < -0.4 is 10.2 Å². The largest absolute Gasteiger partial charge is 0.329 e. The number of urea groups is 1. The van der Waals surface area contributed by atoms with Crippen molar-refractivity contribution in [1.82, 2.24) is 5.32 Å². The first-order valence-electron chi connectivity index (χ1n) is 4.60. The molecule has 0 aliphatic carbocycles. The summed E-state index contributed by atoms with van der Waals surface area (Å²) in [5.74, 6) is -0.339. The molecule has 0 saturated carbocycles. The quantitative estimate of drug-likeness (QED) is 0.787. The standard InChI is InChI=1S/C10H8Cl2N2O2/c1-5-9(15)14(10(16)13-5)8-4-6(11)2-3-7(8)12/h2-5H,1H3,(H,13,16). The fourth-order valence-electron chi connectivity index (χ4n) is 1.49. The Morgan fingerprint density at radius 1 is 1.31 bits per heavy atom. The highest BCUT2D eigenvalue weighted by Gasteiger charge is 2.37. The maximum absolute atomic E-state index is 11.7. The third-order valence-electron chi connectivity index (χ3n) is 2.28. The summed E-state index contributed by atoms with van der Waals surface area (Å²) in [6, 6.07) is 3.60. The highest BCUT2D eigenvalue weighted by Crippen LogP contribution is 2.30. The summed E-state index contributed by atoms with van der Waals surface area (Å²) >= 11 is 11.7. The molecule has 1 saturated heterocycles. The number of anilines is 1. The van der Waals surface area contributed by atoms with Crippen LogP contribution in [-0.4, -0.2) is 18.0 Å². The van der Waals surface area contributed by atoms with Crippen molar-refractivity contribution in [3.05, 3.63) is 28.2 Å². The molecule has 1 aliphatic rings. The van der Waals surface area contributed by atoms with Crippen LogP contribution in [0.1, 0.15) is 6.92 Å². The zero-order valence-electron chi connectivity index (χ0n) is 8.33. The maximum atomic E-state index is 11.7. The van der Waals surface area contributed by atoms with E-state index in [0.29, 0.717) is 15.7 Å². The molecule has 0 radical (unpaired) electrons. The van der Waals surface area contributed by atoms with E-state index in [4.69, 9.17) is 23.2 Å². The molecular formula is C10H8Cl2N2O2. The summed E-state index contributed by atoms with van der Waals surface area (Å²) in [5, 5.41) is 3.22. The molecule has 2 rings (SSSR count). The number of rotatable bonds is 1. The van der Waals surface area contributed by atoms with Gasteiger partial charge in [-0.05, 0) is 25.1 Å². The molecular weight excluding hydrogens is 251 g/mol. The van der Waals surface area contributed by atoms with Gasteiger partial charge in [-0.1, -0.05) is 23.2 Å². The van der Waals surface area contributed by atoms with Crippen LogP contribution in [0.2, 0.25) is 10.0 Å². The van der Waals surface area contributed by atoms with E-state index in [2.05, 4.69) is 5.32 Å². The van der Waals surface area contributed by atoms with Gasteiger partial charge in [-0.15, -0.1) is 0 Å². The van der Waals surface area contributed by atoms with Crippen molar-refractivity contribution < 1.29 is 9.59 Å². The summed E-state index contributed by atoms with van der Waals surface area (Å²) in [5.41, 5.74) is 0.306. The van der Waals surface area contributed by atoms with E-state index in [1.807, 2.05) is 0 Å². The Kier molecular flexibility index (Phi) is 2.78. The second-order valence-corrected chi connectivity index (χ2v) is 4.28. The van der Waals surface area contributed by atoms with Gasteiger partial charge in [-0.3, -0.25) is 4.79 Å². The van der Waals surface area contributed by atoms with E-state index in [1.54, 1.807) is 19.1 Å². The minimum absolute atomic E-state index is 0.306. The van der Waals surface area contributed by atoms with E-state index in [-0.39, 0.29) is 5.91 Å². The van der Waals surface area contributed by atoms with Crippen LogP contribution in [0.4, 0.5) is 10.5 Å². The average molecular weight is 259 g/mol. The summed E-state index contributed by atoms with van der Waals surface area (Å²) in [7, 11) is 0. The molecule has 1 N–H and O–H groups in total. The monoisotopic (exact) mass is 258 g/mol. The lowest BCUT2D eigenvalue weighted by molar-refractivity contribution is -0.117. The van der Waals surface area contributed by atoms with Crippen molar-refractivity contribution in [1.29, 1.82) is 0 Å². The van der Waals surface area contributed by atoms with Crippen molar-refractivity contribution in [2.45, 2.75) is 13.0 Å². The van der Waals surface area contributed by atoms with E-state index in [0.717, 1.165) is 4.90 Å². The molecule has 3 amide bonds. The maximum Gasteiger partial charge on any atom is 0.329 e. The molecule has 1 heterocycles. The Bertz CT molecular complexity index is 476. The van der Waals surface area contributed by atoms with Crippen LogP contribution in [0.3, 0.4) is 0 Å². The molecule has 1 atom stereocenters. The molecule has 1 aromatic carbocycles. The number of imide groups is 1. The number of amides is 3. The molecule has 1 fully saturated rings. The topological polar surface area (TPSA) is 49.4 Å². The number of hydrogen-bond donors (Lipinski definition) is 1. The Balaban J connectivity index is 2.48. The SMILES string of the molecule is CC1NC(=O)N(c2cc(Cl)ccc2Cl)C1=O. The van der Waals surface area contributed by atoms with Gasteiger partial charge < -0.3 is 5.32 Å². The number of nitrogens with one attached hydrogen (secondary N) is 1. The lowest BCUT2D eigenvalue weighted by Gasteiger charge is -2.14. The smallest absolute Gasteiger partial charge is 0.326 e. The van der Waals surface area contributed by atoms with Gasteiger partial charge in [-0.25, -0.2) is 9.69 Å². The van der Waals surface area contributed by atoms with Gasteiger partial charge in [0, 0.05) is 5.02 Å². The Morgan fingerprint density at radius 2 is 2.00 bits per heavy atom. The highest BCUT2D eigenvalue weighted by atomic mass is 35.5. The number of carbonyl (C=O) groups excluding carboxylic acids is 2. The third-order valence-corrected chi connectivity index (χ3v) is 2.84. The predicted octanol–water partition coefficient (Wildman–Crippen LogP) is 2.44. The van der Waals surface area contributed by atoms with Crippen molar-refractivity contribution in [3.63, 3.8) is 0 Å². The molecule has 1 unspecified atom stereocenters. The zero-order chi connectivity index (χ0) is 11.9. The van der Waals surface area contributed by atoms with Crippen LogP contribution in [0.15, 0.2) is 18.2 Å². The fraction of sp³-hybridized carbons (Fsp3) is 0.200. The van der Waals surface area contributed by atoms with Gasteiger partial charge in [0.1, 0.15) is 6.04 Å². The van der Waals surface area contributed by atoms with Crippen LogP contribution >= 0.6 is 23.2 Å². The third kappa shape index (κ3) is 1.74. The molecule has 0 aromatic heterocycles. The zero-order valence-corrected chi connectivity index (χ0v) is 9.84. The molecule has 1 aromatic rings. The van der Waals surface area contributed by atoms with E-state index in [1.165, 1.54) is 6.07 Å². The summed E-state index contributed by atoms with van der Waals surface area (Å²) in [4.78, 5) is 24.3. The Labute approximate surface area is 102 Å². The van der Waals surface area contributed by atoms with Crippen molar-refractivity contribution >= 4 is 40.8 Å². The van der Waals surface area contributed by atoms with Gasteiger partial charge in [0.05, 0.1) is 10.7 Å². The number of hydrogen-bond acceptors (Lipinski definition) is 2. The molecule has 0 spiro atoms. The van der Waals surface area contributed by atoms with Crippen molar-refractivity contribution in [2.75, 3.05) is 4.90 Å². The van der Waals surface area contributed by atoms with Gasteiger partial charge in [0.15, 0.2) is 0 Å². The van der Waals surface area contributed by atoms with Crippen LogP contribution in [-0.2, 0) is 4.79 Å². The van der Waals surface area contributed by atoms with E-state index in [9.17, 15) is 9.59 Å². The first kappa shape index (κ1) is 11.2. The molecule has 4 nitrogen and oxygen atoms in total. The first-order chi connectivity index (χ1) is 7.50. The van der Waals surface area contributed by atoms with Gasteiger partial charge in [-0.2, -0.15) is 0 Å². The van der Waals surface area contributed by atoms with E-state index >= 15 is 0 Å². The minimum Gasteiger partial charge on any atom is -0.326 e. The van der Waals surface area contributed by atoms with Crippen LogP contribution in [0, 0.1) is 0 Å². The van der Waals surface area contributed by atoms with Crippen molar-refractivity contribution in [2.24, 2.45) is 0 Å². The van der Waals surface area contributed by atoms with Gasteiger partial charge >= 0.3 is 6.03 Å². The number of nitrogens with zero attached hydrogens (tertiary/aromatic N) is 1. The normalized spacial score (nSPS) is 20.2. The lowest BCUT2D eigenvalue weighted by atomic mass is 10.2. The first-order valence-corrected chi connectivity index (χ1v) is 5.36. The van der Waals surface area contributed by atoms with Gasteiger partial charge in [0.25, 0.3) is 5.91 Å². The summed E-state index contributed by atoms with van der Waals surface area (Å²) < 4.78 is 0.